The Labute approximate surface area is 136 Å². The normalized spacial score (nSPS) is 11.3. The van der Waals surface area contributed by atoms with Crippen LogP contribution in [0.3, 0.4) is 0 Å². The lowest BCUT2D eigenvalue weighted by Gasteiger charge is -2.08. The van der Waals surface area contributed by atoms with E-state index < -0.39 is 0 Å². The van der Waals surface area contributed by atoms with Gasteiger partial charge in [-0.15, -0.1) is 0 Å². The molecule has 106 valence electrons. The Bertz CT molecular complexity index is 701. The number of aryl methyl sites for hydroxylation is 3. The van der Waals surface area contributed by atoms with Crippen molar-refractivity contribution in [1.82, 2.24) is 0 Å². The van der Waals surface area contributed by atoms with Crippen LogP contribution in [0, 0.1) is 32.1 Å². The lowest BCUT2D eigenvalue weighted by Crippen LogP contribution is -2.06. The summed E-state index contributed by atoms with van der Waals surface area (Å²) in [6, 6.07) is 14.4. The Morgan fingerprint density at radius 1 is 1.10 bits per heavy atom. The summed E-state index contributed by atoms with van der Waals surface area (Å²) in [5, 5.41) is 10.2. The first-order valence-corrected chi connectivity index (χ1v) is 8.48. The third kappa shape index (κ3) is 4.27. The number of hydrogen-bond donors (Lipinski definition) is 0. The van der Waals surface area contributed by atoms with E-state index in [1.54, 1.807) is 0 Å². The summed E-state index contributed by atoms with van der Waals surface area (Å²) in [4.78, 5) is 0. The summed E-state index contributed by atoms with van der Waals surface area (Å²) in [6.45, 7) is 6.48. The van der Waals surface area contributed by atoms with E-state index in [1.807, 2.05) is 24.3 Å². The first kappa shape index (κ1) is 16.0. The van der Waals surface area contributed by atoms with Gasteiger partial charge in [0, 0.05) is 15.9 Å². The molecule has 0 radical (unpaired) electrons. The van der Waals surface area contributed by atoms with Crippen molar-refractivity contribution in [3.8, 4) is 6.07 Å². The number of nitriles is 1. The van der Waals surface area contributed by atoms with Gasteiger partial charge in [0.15, 0.2) is 0 Å². The van der Waals surface area contributed by atoms with Gasteiger partial charge >= 0.3 is 0 Å². The molecule has 2 aromatic carbocycles. The van der Waals surface area contributed by atoms with Gasteiger partial charge in [-0.3, -0.25) is 0 Å². The second-order valence-electron chi connectivity index (χ2n) is 5.22. The van der Waals surface area contributed by atoms with Crippen LogP contribution in [-0.2, 0) is 6.42 Å². The van der Waals surface area contributed by atoms with Crippen LogP contribution in [0.1, 0.15) is 27.8 Å². The summed E-state index contributed by atoms with van der Waals surface area (Å²) >= 11 is 3.71. The maximum absolute atomic E-state index is 8.82. The Balaban J connectivity index is 2.23. The summed E-state index contributed by atoms with van der Waals surface area (Å²) in [7, 11) is 1.22. The lowest BCUT2D eigenvalue weighted by atomic mass is 10.1. The van der Waals surface area contributed by atoms with Crippen LogP contribution in [-0.4, -0.2) is 4.20 Å². The molecule has 0 N–H and O–H groups in total. The maximum atomic E-state index is 8.82. The third-order valence-electron chi connectivity index (χ3n) is 3.30. The predicted octanol–water partition coefficient (Wildman–Crippen LogP) is 4.82. The highest BCUT2D eigenvalue weighted by Crippen LogP contribution is 2.18. The van der Waals surface area contributed by atoms with Crippen LogP contribution >= 0.6 is 24.1 Å². The van der Waals surface area contributed by atoms with E-state index in [1.165, 1.54) is 40.0 Å². The highest BCUT2D eigenvalue weighted by molar-refractivity contribution is 9.19. The minimum Gasteiger partial charge on any atom is -0.192 e. The first-order chi connectivity index (χ1) is 9.99. The molecular weight excluding hydrogens is 341 g/mol. The Morgan fingerprint density at radius 3 is 2.19 bits per heavy atom. The number of benzene rings is 2. The molecular formula is C18H17BrNP. The van der Waals surface area contributed by atoms with Crippen molar-refractivity contribution in [2.24, 2.45) is 0 Å². The molecule has 0 unspecified atom stereocenters. The van der Waals surface area contributed by atoms with Crippen molar-refractivity contribution in [1.29, 1.82) is 5.26 Å². The fourth-order valence-corrected chi connectivity index (χ4v) is 4.22. The van der Waals surface area contributed by atoms with Crippen LogP contribution in [0.2, 0.25) is 0 Å². The molecule has 2 aromatic rings. The Kier molecular flexibility index (Phi) is 5.34. The molecule has 3 heteroatoms. The van der Waals surface area contributed by atoms with Gasteiger partial charge in [0.1, 0.15) is 0 Å². The summed E-state index contributed by atoms with van der Waals surface area (Å²) in [5.74, 6) is 0. The highest BCUT2D eigenvalue weighted by Gasteiger charge is 2.04. The standard InChI is InChI=1S/C18H17BrNP/c1-12-8-13(2)18(14(3)9-12)21-17(19)10-15-4-6-16(11-20)7-5-15/h4-9H,10H2,1-3H3. The van der Waals surface area contributed by atoms with E-state index in [0.717, 1.165) is 6.42 Å². The summed E-state index contributed by atoms with van der Waals surface area (Å²) < 4.78 is 1.24. The molecule has 0 bridgehead atoms. The smallest absolute Gasteiger partial charge is 0.0991 e. The Morgan fingerprint density at radius 2 is 1.67 bits per heavy atom. The van der Waals surface area contributed by atoms with E-state index >= 15 is 0 Å². The Hall–Kier alpha value is -1.42. The number of nitrogens with zero attached hydrogens (tertiary/aromatic N) is 1. The molecule has 21 heavy (non-hydrogen) atoms. The average molecular weight is 358 g/mol. The van der Waals surface area contributed by atoms with Gasteiger partial charge < -0.3 is 0 Å². The molecule has 0 aliphatic carbocycles. The molecule has 0 saturated carbocycles. The van der Waals surface area contributed by atoms with Crippen molar-refractivity contribution in [2.75, 3.05) is 0 Å². The van der Waals surface area contributed by atoms with Gasteiger partial charge in [-0.2, -0.15) is 5.26 Å². The van der Waals surface area contributed by atoms with Gasteiger partial charge in [-0.25, -0.2) is 0 Å². The fourth-order valence-electron chi connectivity index (χ4n) is 2.38. The van der Waals surface area contributed by atoms with Crippen LogP contribution in [0.15, 0.2) is 36.4 Å². The maximum Gasteiger partial charge on any atom is 0.0991 e. The molecule has 0 aromatic heterocycles. The molecule has 2 rings (SSSR count). The third-order valence-corrected chi connectivity index (χ3v) is 5.44. The number of hydrogen-bond acceptors (Lipinski definition) is 1. The highest BCUT2D eigenvalue weighted by atomic mass is 79.9. The van der Waals surface area contributed by atoms with E-state index in [4.69, 9.17) is 5.26 Å². The first-order valence-electron chi connectivity index (χ1n) is 6.79. The largest absolute Gasteiger partial charge is 0.192 e. The van der Waals surface area contributed by atoms with E-state index in [0.29, 0.717) is 5.56 Å². The lowest BCUT2D eigenvalue weighted by molar-refractivity contribution is 1.35. The van der Waals surface area contributed by atoms with Gasteiger partial charge in [-0.1, -0.05) is 38.0 Å². The van der Waals surface area contributed by atoms with Gasteiger partial charge in [-0.05, 0) is 65.5 Å². The van der Waals surface area contributed by atoms with Gasteiger partial charge in [0.05, 0.1) is 11.6 Å². The monoisotopic (exact) mass is 357 g/mol. The predicted molar refractivity (Wildman–Crippen MR) is 96.0 cm³/mol. The van der Waals surface area contributed by atoms with Crippen LogP contribution < -0.4 is 5.30 Å². The molecule has 0 aliphatic rings. The molecule has 0 heterocycles. The molecule has 0 aliphatic heterocycles. The molecule has 0 saturated heterocycles. The fraction of sp³-hybridized carbons (Fsp3) is 0.222. The van der Waals surface area contributed by atoms with Crippen LogP contribution in [0.25, 0.3) is 0 Å². The zero-order chi connectivity index (χ0) is 15.4. The molecule has 0 fully saturated rings. The zero-order valence-electron chi connectivity index (χ0n) is 12.4. The molecule has 1 nitrogen and oxygen atoms in total. The minimum atomic E-state index is 0.706. The SMILES string of the molecule is Cc1cc(C)c(P=C(Br)Cc2ccc(C#N)cc2)c(C)c1. The topological polar surface area (TPSA) is 23.8 Å². The van der Waals surface area contributed by atoms with Crippen molar-refractivity contribution < 1.29 is 0 Å². The number of rotatable bonds is 3. The van der Waals surface area contributed by atoms with Gasteiger partial charge in [0.2, 0.25) is 0 Å². The second kappa shape index (κ2) is 7.03. The van der Waals surface area contributed by atoms with Crippen molar-refractivity contribution >= 4 is 33.6 Å². The van der Waals surface area contributed by atoms with Crippen molar-refractivity contribution in [3.05, 3.63) is 64.2 Å². The number of halogens is 1. The van der Waals surface area contributed by atoms with Crippen molar-refractivity contribution in [2.45, 2.75) is 27.2 Å². The zero-order valence-corrected chi connectivity index (χ0v) is 14.9. The van der Waals surface area contributed by atoms with Crippen LogP contribution in [0.5, 0.6) is 0 Å². The summed E-state index contributed by atoms with van der Waals surface area (Å²) in [6.07, 6.45) is 0.875. The average Bonchev–Trinajstić information content (AvgIpc) is 2.43. The van der Waals surface area contributed by atoms with Crippen LogP contribution in [0.4, 0.5) is 0 Å². The van der Waals surface area contributed by atoms with E-state index in [9.17, 15) is 0 Å². The molecule has 0 spiro atoms. The molecule has 0 amide bonds. The van der Waals surface area contributed by atoms with E-state index in [2.05, 4.69) is 54.9 Å². The van der Waals surface area contributed by atoms with Crippen molar-refractivity contribution in [3.63, 3.8) is 0 Å². The van der Waals surface area contributed by atoms with E-state index in [-0.39, 0.29) is 0 Å². The summed E-state index contributed by atoms with van der Waals surface area (Å²) in [5.41, 5.74) is 5.91. The quantitative estimate of drug-likeness (QED) is 0.722. The van der Waals surface area contributed by atoms with Gasteiger partial charge in [0.25, 0.3) is 0 Å². The minimum absolute atomic E-state index is 0.706. The second-order valence-corrected chi connectivity index (χ2v) is 8.00. The molecule has 0 atom stereocenters.